The zero-order valence-corrected chi connectivity index (χ0v) is 9.75. The van der Waals surface area contributed by atoms with Crippen molar-refractivity contribution in [1.82, 2.24) is 4.98 Å². The number of nitrogens with zero attached hydrogens (tertiary/aromatic N) is 1. The fourth-order valence-corrected chi connectivity index (χ4v) is 2.01. The standard InChI is InChI=1S/C12H7F2NO2S/c13-8-2-1-7(5-9(8)14)10-6-18-11(15-10)3-4-12(16)17/h1-6H,(H,16,17)/b4-3+. The quantitative estimate of drug-likeness (QED) is 0.869. The van der Waals surface area contributed by atoms with Gasteiger partial charge >= 0.3 is 5.97 Å². The lowest BCUT2D eigenvalue weighted by Gasteiger charge is -1.97. The van der Waals surface area contributed by atoms with E-state index < -0.39 is 17.6 Å². The molecule has 3 nitrogen and oxygen atoms in total. The van der Waals surface area contributed by atoms with Gasteiger partial charge in [-0.25, -0.2) is 18.6 Å². The van der Waals surface area contributed by atoms with Crippen LogP contribution in [0.3, 0.4) is 0 Å². The van der Waals surface area contributed by atoms with Crippen molar-refractivity contribution >= 4 is 23.4 Å². The van der Waals surface area contributed by atoms with Gasteiger partial charge in [0.15, 0.2) is 11.6 Å². The first-order chi connectivity index (χ1) is 8.56. The maximum absolute atomic E-state index is 13.0. The molecule has 0 radical (unpaired) electrons. The van der Waals surface area contributed by atoms with E-state index in [4.69, 9.17) is 5.11 Å². The summed E-state index contributed by atoms with van der Waals surface area (Å²) in [6, 6.07) is 3.49. The summed E-state index contributed by atoms with van der Waals surface area (Å²) in [6.45, 7) is 0. The molecule has 0 aliphatic heterocycles. The van der Waals surface area contributed by atoms with Crippen molar-refractivity contribution in [1.29, 1.82) is 0 Å². The van der Waals surface area contributed by atoms with Crippen LogP contribution in [-0.2, 0) is 4.79 Å². The van der Waals surface area contributed by atoms with Crippen molar-refractivity contribution in [2.24, 2.45) is 0 Å². The minimum absolute atomic E-state index is 0.445. The molecule has 0 saturated heterocycles. The Morgan fingerprint density at radius 3 is 2.78 bits per heavy atom. The fraction of sp³-hybridized carbons (Fsp3) is 0. The number of carbonyl (C=O) groups is 1. The topological polar surface area (TPSA) is 50.2 Å². The number of carboxylic acids is 1. The van der Waals surface area contributed by atoms with Crippen LogP contribution < -0.4 is 0 Å². The molecule has 18 heavy (non-hydrogen) atoms. The summed E-state index contributed by atoms with van der Waals surface area (Å²) in [7, 11) is 0. The molecule has 0 fully saturated rings. The summed E-state index contributed by atoms with van der Waals surface area (Å²) in [5.41, 5.74) is 0.920. The van der Waals surface area contributed by atoms with E-state index in [0.717, 1.165) is 18.2 Å². The van der Waals surface area contributed by atoms with Crippen LogP contribution in [-0.4, -0.2) is 16.1 Å². The van der Waals surface area contributed by atoms with Crippen molar-refractivity contribution in [3.63, 3.8) is 0 Å². The minimum atomic E-state index is -1.07. The minimum Gasteiger partial charge on any atom is -0.478 e. The second-order valence-electron chi connectivity index (χ2n) is 3.37. The summed E-state index contributed by atoms with van der Waals surface area (Å²) < 4.78 is 25.8. The number of rotatable bonds is 3. The van der Waals surface area contributed by atoms with Crippen LogP contribution in [0.4, 0.5) is 8.78 Å². The highest BCUT2D eigenvalue weighted by atomic mass is 32.1. The largest absolute Gasteiger partial charge is 0.478 e. The van der Waals surface area contributed by atoms with Gasteiger partial charge in [0.25, 0.3) is 0 Å². The van der Waals surface area contributed by atoms with Crippen molar-refractivity contribution in [2.45, 2.75) is 0 Å². The maximum atomic E-state index is 13.0. The Bertz CT molecular complexity index is 622. The van der Waals surface area contributed by atoms with Gasteiger partial charge < -0.3 is 5.11 Å². The highest BCUT2D eigenvalue weighted by Gasteiger charge is 2.07. The molecule has 0 aliphatic rings. The van der Waals surface area contributed by atoms with Gasteiger partial charge in [0.2, 0.25) is 0 Å². The number of halogens is 2. The Labute approximate surface area is 105 Å². The Balaban J connectivity index is 2.29. The molecule has 0 bridgehead atoms. The van der Waals surface area contributed by atoms with Crippen LogP contribution in [0.2, 0.25) is 0 Å². The van der Waals surface area contributed by atoms with Crippen LogP contribution >= 0.6 is 11.3 Å². The molecule has 0 spiro atoms. The summed E-state index contributed by atoms with van der Waals surface area (Å²) in [5, 5.41) is 10.6. The van der Waals surface area contributed by atoms with E-state index in [0.29, 0.717) is 16.3 Å². The van der Waals surface area contributed by atoms with Crippen LogP contribution in [0.5, 0.6) is 0 Å². The van der Waals surface area contributed by atoms with E-state index >= 15 is 0 Å². The van der Waals surface area contributed by atoms with Crippen LogP contribution in [0.1, 0.15) is 5.01 Å². The van der Waals surface area contributed by atoms with Gasteiger partial charge in [0, 0.05) is 17.0 Å². The lowest BCUT2D eigenvalue weighted by molar-refractivity contribution is -0.131. The van der Waals surface area contributed by atoms with Gasteiger partial charge in [0.05, 0.1) is 5.69 Å². The lowest BCUT2D eigenvalue weighted by Crippen LogP contribution is -1.86. The lowest BCUT2D eigenvalue weighted by atomic mass is 10.2. The van der Waals surface area contributed by atoms with Gasteiger partial charge in [-0.05, 0) is 24.3 Å². The van der Waals surface area contributed by atoms with Crippen LogP contribution in [0.25, 0.3) is 17.3 Å². The second kappa shape index (κ2) is 5.05. The maximum Gasteiger partial charge on any atom is 0.328 e. The molecule has 1 aromatic heterocycles. The number of benzene rings is 1. The van der Waals surface area contributed by atoms with Crippen molar-refractivity contribution in [2.75, 3.05) is 0 Å². The van der Waals surface area contributed by atoms with Gasteiger partial charge in [0.1, 0.15) is 5.01 Å². The number of thiazole rings is 1. The number of aromatic nitrogens is 1. The normalized spacial score (nSPS) is 11.0. The molecule has 1 aromatic carbocycles. The summed E-state index contributed by atoms with van der Waals surface area (Å²) in [5.74, 6) is -2.93. The molecule has 92 valence electrons. The van der Waals surface area contributed by atoms with Crippen molar-refractivity contribution in [3.05, 3.63) is 46.3 Å². The predicted molar refractivity (Wildman–Crippen MR) is 64.1 cm³/mol. The van der Waals surface area contributed by atoms with E-state index in [1.807, 2.05) is 0 Å². The number of aliphatic carboxylic acids is 1. The molecule has 1 N–H and O–H groups in total. The third kappa shape index (κ3) is 2.78. The first-order valence-corrected chi connectivity index (χ1v) is 5.76. The first-order valence-electron chi connectivity index (χ1n) is 4.88. The van der Waals surface area contributed by atoms with E-state index in [1.165, 1.54) is 23.5 Å². The summed E-state index contributed by atoms with van der Waals surface area (Å²) in [6.07, 6.45) is 2.31. The fourth-order valence-electron chi connectivity index (χ4n) is 1.29. The zero-order valence-electron chi connectivity index (χ0n) is 8.93. The smallest absolute Gasteiger partial charge is 0.328 e. The number of hydrogen-bond donors (Lipinski definition) is 1. The average Bonchev–Trinajstić information content (AvgIpc) is 2.79. The van der Waals surface area contributed by atoms with Gasteiger partial charge in [-0.15, -0.1) is 11.3 Å². The Morgan fingerprint density at radius 1 is 1.33 bits per heavy atom. The Morgan fingerprint density at radius 2 is 2.11 bits per heavy atom. The molecule has 2 rings (SSSR count). The van der Waals surface area contributed by atoms with Gasteiger partial charge in [-0.1, -0.05) is 0 Å². The molecule has 1 heterocycles. The second-order valence-corrected chi connectivity index (χ2v) is 4.26. The van der Waals surface area contributed by atoms with Crippen molar-refractivity contribution < 1.29 is 18.7 Å². The van der Waals surface area contributed by atoms with E-state index in [-0.39, 0.29) is 0 Å². The summed E-state index contributed by atoms with van der Waals surface area (Å²) in [4.78, 5) is 14.4. The summed E-state index contributed by atoms with van der Waals surface area (Å²) >= 11 is 1.22. The molecule has 0 unspecified atom stereocenters. The number of carboxylic acid groups (broad SMARTS) is 1. The molecule has 0 aliphatic carbocycles. The van der Waals surface area contributed by atoms with Gasteiger partial charge in [-0.3, -0.25) is 0 Å². The average molecular weight is 267 g/mol. The molecule has 6 heteroatoms. The SMILES string of the molecule is O=C(O)/C=C/c1nc(-c2ccc(F)c(F)c2)cs1. The van der Waals surface area contributed by atoms with E-state index in [1.54, 1.807) is 5.38 Å². The van der Waals surface area contributed by atoms with Crippen LogP contribution in [0, 0.1) is 11.6 Å². The van der Waals surface area contributed by atoms with Gasteiger partial charge in [-0.2, -0.15) is 0 Å². The molecular weight excluding hydrogens is 260 g/mol. The molecule has 2 aromatic rings. The monoisotopic (exact) mass is 267 g/mol. The molecule has 0 amide bonds. The van der Waals surface area contributed by atoms with E-state index in [9.17, 15) is 13.6 Å². The molecular formula is C12H7F2NO2S. The highest BCUT2D eigenvalue weighted by molar-refractivity contribution is 7.10. The number of hydrogen-bond acceptors (Lipinski definition) is 3. The molecule has 0 saturated carbocycles. The molecule has 0 atom stereocenters. The Hall–Kier alpha value is -2.08. The van der Waals surface area contributed by atoms with E-state index in [2.05, 4.69) is 4.98 Å². The zero-order chi connectivity index (χ0) is 13.1. The third-order valence-corrected chi connectivity index (χ3v) is 2.92. The Kier molecular flexibility index (Phi) is 3.47. The first kappa shape index (κ1) is 12.4. The highest BCUT2D eigenvalue weighted by Crippen LogP contribution is 2.24. The van der Waals surface area contributed by atoms with Crippen molar-refractivity contribution in [3.8, 4) is 11.3 Å². The van der Waals surface area contributed by atoms with Crippen LogP contribution in [0.15, 0.2) is 29.7 Å². The predicted octanol–water partition coefficient (Wildman–Crippen LogP) is 3.19. The third-order valence-electron chi connectivity index (χ3n) is 2.11.